The molecule has 1 aromatic carbocycles. The molecule has 0 spiro atoms. The topological polar surface area (TPSA) is 67.8 Å². The Kier molecular flexibility index (Phi) is 10.0. The van der Waals surface area contributed by atoms with Crippen LogP contribution in [0.2, 0.25) is 0 Å². The van der Waals surface area contributed by atoms with Crippen molar-refractivity contribution in [2.75, 3.05) is 0 Å². The van der Waals surface area contributed by atoms with Gasteiger partial charge in [-0.15, -0.1) is 11.3 Å². The lowest BCUT2D eigenvalue weighted by Gasteiger charge is -2.03. The number of hydrazone groups is 1. The molecule has 0 saturated carbocycles. The van der Waals surface area contributed by atoms with Crippen LogP contribution >= 0.6 is 11.3 Å². The number of hydrogen-bond acceptors (Lipinski definition) is 5. The largest absolute Gasteiger partial charge is 0.422 e. The van der Waals surface area contributed by atoms with Gasteiger partial charge in [0, 0.05) is 6.42 Å². The van der Waals surface area contributed by atoms with Gasteiger partial charge >= 0.3 is 5.97 Å². The number of amides is 1. The third kappa shape index (κ3) is 8.48. The number of ether oxygens (including phenoxy) is 1. The van der Waals surface area contributed by atoms with Crippen LogP contribution in [0.3, 0.4) is 0 Å². The fraction of sp³-hybridized carbons (Fsp3) is 0.409. The first-order chi connectivity index (χ1) is 13.7. The summed E-state index contributed by atoms with van der Waals surface area (Å²) in [6, 6.07) is 10.5. The molecule has 2 aromatic rings. The summed E-state index contributed by atoms with van der Waals surface area (Å²) in [6.45, 7) is 2.21. The Morgan fingerprint density at radius 2 is 1.75 bits per heavy atom. The lowest BCUT2D eigenvalue weighted by molar-refractivity contribution is -0.121. The molecule has 0 aliphatic heterocycles. The summed E-state index contributed by atoms with van der Waals surface area (Å²) in [5.41, 5.74) is 3.37. The molecule has 1 aromatic heterocycles. The van der Waals surface area contributed by atoms with Crippen LogP contribution in [0.5, 0.6) is 5.75 Å². The normalized spacial score (nSPS) is 10.9. The molecule has 28 heavy (non-hydrogen) atoms. The van der Waals surface area contributed by atoms with E-state index < -0.39 is 0 Å². The Balaban J connectivity index is 1.64. The molecular weight excluding hydrogens is 372 g/mol. The highest BCUT2D eigenvalue weighted by Crippen LogP contribution is 2.16. The molecule has 0 atom stereocenters. The standard InChI is InChI=1S/C22H28N2O3S/c1-2-3-4-5-6-7-8-11-21(25)24-23-17-18-12-14-19(15-13-18)27-22(26)20-10-9-16-28-20/h9-10,12-17H,2-8,11H2,1H3,(H,24,25)/b23-17+. The van der Waals surface area contributed by atoms with Gasteiger partial charge in [0.25, 0.3) is 0 Å². The minimum atomic E-state index is -0.367. The van der Waals surface area contributed by atoms with Crippen molar-refractivity contribution in [3.63, 3.8) is 0 Å². The van der Waals surface area contributed by atoms with Crippen LogP contribution in [0, 0.1) is 0 Å². The van der Waals surface area contributed by atoms with Crippen molar-refractivity contribution in [1.82, 2.24) is 5.43 Å². The molecule has 6 heteroatoms. The molecule has 0 fully saturated rings. The van der Waals surface area contributed by atoms with E-state index in [1.165, 1.54) is 43.4 Å². The van der Waals surface area contributed by atoms with Gasteiger partial charge in [-0.3, -0.25) is 4.79 Å². The van der Waals surface area contributed by atoms with Gasteiger partial charge in [0.1, 0.15) is 10.6 Å². The van der Waals surface area contributed by atoms with Gasteiger partial charge in [0.15, 0.2) is 0 Å². The molecule has 150 valence electrons. The van der Waals surface area contributed by atoms with E-state index in [2.05, 4.69) is 17.5 Å². The molecule has 0 aliphatic rings. The molecule has 1 heterocycles. The van der Waals surface area contributed by atoms with Gasteiger partial charge in [-0.2, -0.15) is 5.10 Å². The predicted octanol–water partition coefficient (Wildman–Crippen LogP) is 5.56. The van der Waals surface area contributed by atoms with E-state index in [0.717, 1.165) is 18.4 Å². The molecule has 2 rings (SSSR count). The Morgan fingerprint density at radius 3 is 2.43 bits per heavy atom. The highest BCUT2D eigenvalue weighted by Gasteiger charge is 2.08. The minimum absolute atomic E-state index is 0.0636. The van der Waals surface area contributed by atoms with E-state index in [1.807, 2.05) is 11.4 Å². The maximum atomic E-state index is 11.9. The maximum Gasteiger partial charge on any atom is 0.353 e. The van der Waals surface area contributed by atoms with Crippen LogP contribution in [0.4, 0.5) is 0 Å². The molecule has 1 amide bonds. The Hall–Kier alpha value is -2.47. The number of carbonyl (C=O) groups excluding carboxylic acids is 2. The number of carbonyl (C=O) groups is 2. The number of rotatable bonds is 12. The molecule has 0 bridgehead atoms. The van der Waals surface area contributed by atoms with Gasteiger partial charge in [0.2, 0.25) is 5.91 Å². The second-order valence-corrected chi connectivity index (χ2v) is 7.55. The van der Waals surface area contributed by atoms with Crippen molar-refractivity contribution in [1.29, 1.82) is 0 Å². The summed E-state index contributed by atoms with van der Waals surface area (Å²) in [5, 5.41) is 5.81. The number of benzene rings is 1. The van der Waals surface area contributed by atoms with Gasteiger partial charge in [0.05, 0.1) is 6.21 Å². The number of hydrogen-bond donors (Lipinski definition) is 1. The van der Waals surface area contributed by atoms with E-state index in [9.17, 15) is 9.59 Å². The highest BCUT2D eigenvalue weighted by atomic mass is 32.1. The van der Waals surface area contributed by atoms with E-state index in [4.69, 9.17) is 4.74 Å². The first kappa shape index (κ1) is 21.8. The smallest absolute Gasteiger partial charge is 0.353 e. The van der Waals surface area contributed by atoms with Crippen LogP contribution < -0.4 is 10.2 Å². The molecule has 0 unspecified atom stereocenters. The van der Waals surface area contributed by atoms with E-state index in [1.54, 1.807) is 36.5 Å². The molecule has 0 saturated heterocycles. The first-order valence-corrected chi connectivity index (χ1v) is 10.7. The Labute approximate surface area is 170 Å². The molecule has 1 N–H and O–H groups in total. The summed E-state index contributed by atoms with van der Waals surface area (Å²) in [4.78, 5) is 24.2. The van der Waals surface area contributed by atoms with Gasteiger partial charge in [-0.1, -0.05) is 51.5 Å². The number of nitrogens with zero attached hydrogens (tertiary/aromatic N) is 1. The van der Waals surface area contributed by atoms with Crippen molar-refractivity contribution in [2.24, 2.45) is 5.10 Å². The van der Waals surface area contributed by atoms with Crippen LogP contribution in [0.15, 0.2) is 46.9 Å². The third-order valence-corrected chi connectivity index (χ3v) is 5.07. The average Bonchev–Trinajstić information content (AvgIpc) is 3.24. The Bertz CT molecular complexity index is 740. The van der Waals surface area contributed by atoms with Crippen LogP contribution in [-0.4, -0.2) is 18.1 Å². The van der Waals surface area contributed by atoms with Gasteiger partial charge < -0.3 is 4.74 Å². The SMILES string of the molecule is CCCCCCCCCC(=O)N/N=C/c1ccc(OC(=O)c2cccs2)cc1. The van der Waals surface area contributed by atoms with Crippen LogP contribution in [0.1, 0.15) is 73.5 Å². The summed E-state index contributed by atoms with van der Waals surface area (Å²) in [6.07, 6.45) is 10.4. The summed E-state index contributed by atoms with van der Waals surface area (Å²) >= 11 is 1.34. The van der Waals surface area contributed by atoms with Crippen molar-refractivity contribution in [2.45, 2.75) is 58.3 Å². The average molecular weight is 401 g/mol. The third-order valence-electron chi connectivity index (χ3n) is 4.22. The monoisotopic (exact) mass is 400 g/mol. The first-order valence-electron chi connectivity index (χ1n) is 9.86. The summed E-state index contributed by atoms with van der Waals surface area (Å²) < 4.78 is 5.30. The fourth-order valence-corrected chi connectivity index (χ4v) is 3.25. The van der Waals surface area contributed by atoms with Crippen molar-refractivity contribution < 1.29 is 14.3 Å². The lowest BCUT2D eigenvalue weighted by atomic mass is 10.1. The molecule has 0 aliphatic carbocycles. The van der Waals surface area contributed by atoms with E-state index >= 15 is 0 Å². The lowest BCUT2D eigenvalue weighted by Crippen LogP contribution is -2.16. The van der Waals surface area contributed by atoms with E-state index in [0.29, 0.717) is 17.0 Å². The van der Waals surface area contributed by atoms with Gasteiger partial charge in [-0.05, 0) is 47.7 Å². The summed E-state index contributed by atoms with van der Waals surface area (Å²) in [5.74, 6) is 0.0406. The van der Waals surface area contributed by atoms with Crippen LogP contribution in [-0.2, 0) is 4.79 Å². The second kappa shape index (κ2) is 12.8. The van der Waals surface area contributed by atoms with E-state index in [-0.39, 0.29) is 11.9 Å². The van der Waals surface area contributed by atoms with Crippen LogP contribution in [0.25, 0.3) is 0 Å². The Morgan fingerprint density at radius 1 is 1.04 bits per heavy atom. The minimum Gasteiger partial charge on any atom is -0.422 e. The number of nitrogens with one attached hydrogen (secondary N) is 1. The summed E-state index contributed by atoms with van der Waals surface area (Å²) in [7, 11) is 0. The molecular formula is C22H28N2O3S. The fourth-order valence-electron chi connectivity index (χ4n) is 2.65. The van der Waals surface area contributed by atoms with Gasteiger partial charge in [-0.25, -0.2) is 10.2 Å². The molecule has 0 radical (unpaired) electrons. The zero-order valence-corrected chi connectivity index (χ0v) is 17.2. The highest BCUT2D eigenvalue weighted by molar-refractivity contribution is 7.12. The van der Waals surface area contributed by atoms with Crippen molar-refractivity contribution >= 4 is 29.4 Å². The number of unbranched alkanes of at least 4 members (excludes halogenated alkanes) is 6. The zero-order chi connectivity index (χ0) is 20.0. The van der Waals surface area contributed by atoms with Crippen molar-refractivity contribution in [3.05, 3.63) is 52.2 Å². The predicted molar refractivity (Wildman–Crippen MR) is 114 cm³/mol. The zero-order valence-electron chi connectivity index (χ0n) is 16.4. The number of esters is 1. The number of thiophene rings is 1. The van der Waals surface area contributed by atoms with Crippen molar-refractivity contribution in [3.8, 4) is 5.75 Å². The molecule has 5 nitrogen and oxygen atoms in total. The maximum absolute atomic E-state index is 11.9. The quantitative estimate of drug-likeness (QED) is 0.167. The second-order valence-electron chi connectivity index (χ2n) is 6.60.